The summed E-state index contributed by atoms with van der Waals surface area (Å²) in [5.41, 5.74) is 5.67. The standard InChI is InChI=1S/C48H85N5O8/c1-25(2)18-35(49)43(58)51-37(20-27(5)6)45(60)53-38(21-28(7)8)46(61)52-36(19-26(3)4)44(59)50-31-16-17-47(10)30(22-31)23-39(54)42-33-14-13-32(29(9)12-15-41(56)57)48(33,11)40(55)24-34(42)47/h25-40,42,54-55H,12-24,49H2,1-11H3,(H,50,59)(H,51,58)(H,52,61)(H,53,60)(H,56,57)/t29?,30-,31-,32+,33?,34?,35?,36?,37?,38?,39?,40-,42?,47-,48+/m0/s1. The van der Waals surface area contributed by atoms with E-state index in [1.54, 1.807) is 0 Å². The molecule has 0 bridgehead atoms. The van der Waals surface area contributed by atoms with Gasteiger partial charge in [-0.25, -0.2) is 0 Å². The number of carboxylic acid groups (broad SMARTS) is 1. The molecular weight excluding hydrogens is 775 g/mol. The lowest BCUT2D eigenvalue weighted by Crippen LogP contribution is -2.63. The molecule has 4 fully saturated rings. The molecule has 0 aliphatic heterocycles. The minimum absolute atomic E-state index is 0.0505. The predicted molar refractivity (Wildman–Crippen MR) is 238 cm³/mol. The molecule has 9 N–H and O–H groups in total. The van der Waals surface area contributed by atoms with Crippen molar-refractivity contribution in [3.05, 3.63) is 0 Å². The lowest BCUT2D eigenvalue weighted by molar-refractivity contribution is -0.202. The molecular formula is C48H85N5O8. The molecule has 61 heavy (non-hydrogen) atoms. The zero-order valence-corrected chi connectivity index (χ0v) is 39.5. The topological polar surface area (TPSA) is 220 Å². The Hall–Kier alpha value is -2.77. The van der Waals surface area contributed by atoms with E-state index in [9.17, 15) is 39.3 Å². The van der Waals surface area contributed by atoms with Gasteiger partial charge >= 0.3 is 5.97 Å². The molecule has 4 aliphatic carbocycles. The van der Waals surface area contributed by atoms with Crippen LogP contribution in [0, 0.1) is 70.0 Å². The number of carboxylic acids is 1. The minimum atomic E-state index is -0.922. The molecule has 0 heterocycles. The number of fused-ring (bicyclic) bond motifs is 5. The highest BCUT2D eigenvalue weighted by Gasteiger charge is 2.65. The van der Waals surface area contributed by atoms with Crippen LogP contribution in [0.5, 0.6) is 0 Å². The van der Waals surface area contributed by atoms with Crippen molar-refractivity contribution in [2.45, 2.75) is 202 Å². The molecule has 15 atom stereocenters. The van der Waals surface area contributed by atoms with E-state index in [-0.39, 0.29) is 88.4 Å². The molecule has 9 unspecified atom stereocenters. The molecule has 4 amide bonds. The predicted octanol–water partition coefficient (Wildman–Crippen LogP) is 5.54. The van der Waals surface area contributed by atoms with Gasteiger partial charge in [0.2, 0.25) is 23.6 Å². The van der Waals surface area contributed by atoms with Gasteiger partial charge < -0.3 is 42.3 Å². The van der Waals surface area contributed by atoms with Crippen LogP contribution in [0.1, 0.15) is 160 Å². The summed E-state index contributed by atoms with van der Waals surface area (Å²) in [6.45, 7) is 22.5. The average Bonchev–Trinajstić information content (AvgIpc) is 3.51. The maximum atomic E-state index is 14.2. The fraction of sp³-hybridized carbons (Fsp3) is 0.896. The van der Waals surface area contributed by atoms with Gasteiger partial charge in [-0.2, -0.15) is 0 Å². The summed E-state index contributed by atoms with van der Waals surface area (Å²) >= 11 is 0. The number of carbonyl (C=O) groups is 5. The van der Waals surface area contributed by atoms with Crippen LogP contribution in [-0.4, -0.2) is 87.3 Å². The number of aliphatic carboxylic acids is 1. The quantitative estimate of drug-likeness (QED) is 0.0770. The van der Waals surface area contributed by atoms with Crippen molar-refractivity contribution in [3.8, 4) is 0 Å². The van der Waals surface area contributed by atoms with Crippen LogP contribution >= 0.6 is 0 Å². The second-order valence-corrected chi connectivity index (χ2v) is 22.3. The van der Waals surface area contributed by atoms with Crippen molar-refractivity contribution >= 4 is 29.6 Å². The van der Waals surface area contributed by atoms with Crippen LogP contribution in [0.25, 0.3) is 0 Å². The summed E-state index contributed by atoms with van der Waals surface area (Å²) in [6.07, 6.45) is 6.69. The zero-order valence-electron chi connectivity index (χ0n) is 39.5. The zero-order chi connectivity index (χ0) is 45.7. The van der Waals surface area contributed by atoms with E-state index in [4.69, 9.17) is 5.73 Å². The van der Waals surface area contributed by atoms with Crippen LogP contribution in [0.15, 0.2) is 0 Å². The van der Waals surface area contributed by atoms with Crippen LogP contribution in [0.4, 0.5) is 0 Å². The number of aliphatic hydroxyl groups is 2. The normalized spacial score (nSPS) is 33.5. The van der Waals surface area contributed by atoms with Gasteiger partial charge in [-0.15, -0.1) is 0 Å². The molecule has 350 valence electrons. The first kappa shape index (κ1) is 50.9. The van der Waals surface area contributed by atoms with Crippen molar-refractivity contribution in [2.75, 3.05) is 0 Å². The Balaban J connectivity index is 1.44. The number of nitrogens with one attached hydrogen (secondary N) is 4. The third-order valence-electron chi connectivity index (χ3n) is 15.8. The van der Waals surface area contributed by atoms with Gasteiger partial charge in [0.1, 0.15) is 18.1 Å². The van der Waals surface area contributed by atoms with Crippen LogP contribution in [-0.2, 0) is 24.0 Å². The Labute approximate surface area is 367 Å². The number of carbonyl (C=O) groups excluding carboxylic acids is 4. The monoisotopic (exact) mass is 860 g/mol. The Morgan fingerprint density at radius 2 is 1.16 bits per heavy atom. The number of hydrogen-bond acceptors (Lipinski definition) is 8. The van der Waals surface area contributed by atoms with Crippen molar-refractivity contribution in [3.63, 3.8) is 0 Å². The first-order valence-corrected chi connectivity index (χ1v) is 23.9. The van der Waals surface area contributed by atoms with Crippen LogP contribution < -0.4 is 27.0 Å². The highest BCUT2D eigenvalue weighted by molar-refractivity contribution is 5.94. The molecule has 0 radical (unpaired) electrons. The van der Waals surface area contributed by atoms with E-state index in [1.807, 2.05) is 55.4 Å². The molecule has 4 rings (SSSR count). The van der Waals surface area contributed by atoms with E-state index in [0.29, 0.717) is 51.4 Å². The van der Waals surface area contributed by atoms with E-state index in [1.165, 1.54) is 0 Å². The van der Waals surface area contributed by atoms with Crippen molar-refractivity contribution < 1.29 is 39.3 Å². The molecule has 0 spiro atoms. The maximum absolute atomic E-state index is 14.2. The number of hydrogen-bond donors (Lipinski definition) is 8. The Kier molecular flexibility index (Phi) is 17.7. The SMILES string of the molecule is CC(C)CC(N)C(=O)NC(CC(C)C)C(=O)NC(CC(C)C)C(=O)NC(CC(C)C)C(=O)N[C@H]1CC[C@]2(C)C3C[C@H](O)[C@@]4(C)C(CC[C@@H]4C(C)CCC(=O)O)C3C(O)C[C@@H]2C1. The van der Waals surface area contributed by atoms with E-state index in [2.05, 4.69) is 42.0 Å². The summed E-state index contributed by atoms with van der Waals surface area (Å²) in [5, 5.41) is 45.3. The summed E-state index contributed by atoms with van der Waals surface area (Å²) in [5.74, 6) is -1.02. The maximum Gasteiger partial charge on any atom is 0.303 e. The summed E-state index contributed by atoms with van der Waals surface area (Å²) < 4.78 is 0. The second-order valence-electron chi connectivity index (χ2n) is 22.3. The van der Waals surface area contributed by atoms with E-state index in [0.717, 1.165) is 25.7 Å². The second kappa shape index (κ2) is 21.3. The number of aliphatic hydroxyl groups excluding tert-OH is 2. The molecule has 0 aromatic heterocycles. The van der Waals surface area contributed by atoms with E-state index < -0.39 is 60.1 Å². The van der Waals surface area contributed by atoms with Crippen LogP contribution in [0.3, 0.4) is 0 Å². The van der Waals surface area contributed by atoms with Gasteiger partial charge in [-0.05, 0) is 147 Å². The number of amides is 4. The Morgan fingerprint density at radius 3 is 1.67 bits per heavy atom. The van der Waals surface area contributed by atoms with Gasteiger partial charge in [-0.1, -0.05) is 76.2 Å². The van der Waals surface area contributed by atoms with Gasteiger partial charge in [0.25, 0.3) is 0 Å². The average molecular weight is 860 g/mol. The Bertz CT molecular complexity index is 1520. The fourth-order valence-electron chi connectivity index (χ4n) is 12.7. The molecule has 0 aromatic rings. The fourth-order valence-corrected chi connectivity index (χ4v) is 12.7. The molecule has 4 aliphatic rings. The molecule has 13 nitrogen and oxygen atoms in total. The smallest absolute Gasteiger partial charge is 0.303 e. The molecule has 4 saturated carbocycles. The van der Waals surface area contributed by atoms with Crippen molar-refractivity contribution in [2.24, 2.45) is 75.7 Å². The van der Waals surface area contributed by atoms with Gasteiger partial charge in [0.15, 0.2) is 0 Å². The number of rotatable bonds is 20. The highest BCUT2D eigenvalue weighted by Crippen LogP contribution is 2.68. The van der Waals surface area contributed by atoms with Gasteiger partial charge in [0, 0.05) is 12.5 Å². The summed E-state index contributed by atoms with van der Waals surface area (Å²) in [7, 11) is 0. The number of nitrogens with two attached hydrogens (primary N) is 1. The molecule has 0 aromatic carbocycles. The van der Waals surface area contributed by atoms with Crippen LogP contribution in [0.2, 0.25) is 0 Å². The summed E-state index contributed by atoms with van der Waals surface area (Å²) in [4.78, 5) is 66.4. The first-order valence-electron chi connectivity index (χ1n) is 23.9. The van der Waals surface area contributed by atoms with Crippen molar-refractivity contribution in [1.82, 2.24) is 21.3 Å². The molecule has 0 saturated heterocycles. The first-order chi connectivity index (χ1) is 28.4. The van der Waals surface area contributed by atoms with Crippen molar-refractivity contribution in [1.29, 1.82) is 0 Å². The third-order valence-corrected chi connectivity index (χ3v) is 15.8. The lowest BCUT2D eigenvalue weighted by Gasteiger charge is -2.63. The minimum Gasteiger partial charge on any atom is -0.481 e. The summed E-state index contributed by atoms with van der Waals surface area (Å²) in [6, 6.07) is -3.51. The van der Waals surface area contributed by atoms with E-state index >= 15 is 0 Å². The lowest BCUT2D eigenvalue weighted by atomic mass is 9.43. The highest BCUT2D eigenvalue weighted by atomic mass is 16.4. The Morgan fingerprint density at radius 1 is 0.656 bits per heavy atom. The third kappa shape index (κ3) is 12.3. The molecule has 13 heteroatoms. The van der Waals surface area contributed by atoms with Gasteiger partial charge in [0.05, 0.1) is 18.2 Å². The van der Waals surface area contributed by atoms with Gasteiger partial charge in [-0.3, -0.25) is 24.0 Å². The largest absolute Gasteiger partial charge is 0.481 e.